The molecule has 0 spiro atoms. The van der Waals surface area contributed by atoms with Gasteiger partial charge in [0.25, 0.3) is 11.6 Å². The van der Waals surface area contributed by atoms with E-state index >= 15 is 0 Å². The van der Waals surface area contributed by atoms with E-state index in [1.165, 1.54) is 0 Å². The number of rotatable bonds is 5. The molecule has 0 saturated carbocycles. The van der Waals surface area contributed by atoms with Gasteiger partial charge in [0.2, 0.25) is 5.13 Å². The third kappa shape index (κ3) is 4.33. The quantitative estimate of drug-likeness (QED) is 0.511. The van der Waals surface area contributed by atoms with Crippen LogP contribution in [-0.2, 0) is 9.84 Å². The monoisotopic (exact) mass is 404 g/mol. The third-order valence-corrected chi connectivity index (χ3v) is 5.44. The van der Waals surface area contributed by atoms with Crippen LogP contribution in [0.5, 0.6) is 0 Å². The first kappa shape index (κ1) is 18.6. The SMILES string of the molecule is CS(=O)(=O)c1cc(C(=O)Nc2nnc(-c3ccccc3)s2)cc([N+](=O)[O-])c1. The Hall–Kier alpha value is -3.18. The Bertz CT molecular complexity index is 1130. The number of non-ortho nitro benzene ring substituents is 1. The van der Waals surface area contributed by atoms with Crippen LogP contribution in [0.25, 0.3) is 10.6 Å². The van der Waals surface area contributed by atoms with Crippen molar-refractivity contribution in [2.45, 2.75) is 4.90 Å². The van der Waals surface area contributed by atoms with Gasteiger partial charge in [-0.3, -0.25) is 20.2 Å². The van der Waals surface area contributed by atoms with Crippen molar-refractivity contribution in [2.75, 3.05) is 11.6 Å². The summed E-state index contributed by atoms with van der Waals surface area (Å²) in [6.07, 6.45) is 0.907. The summed E-state index contributed by atoms with van der Waals surface area (Å²) in [5.74, 6) is -0.723. The lowest BCUT2D eigenvalue weighted by molar-refractivity contribution is -0.385. The topological polar surface area (TPSA) is 132 Å². The van der Waals surface area contributed by atoms with Crippen LogP contribution in [0.3, 0.4) is 0 Å². The van der Waals surface area contributed by atoms with Gasteiger partial charge in [0, 0.05) is 29.5 Å². The van der Waals surface area contributed by atoms with Crippen LogP contribution in [0.2, 0.25) is 0 Å². The van der Waals surface area contributed by atoms with Gasteiger partial charge >= 0.3 is 0 Å². The summed E-state index contributed by atoms with van der Waals surface area (Å²) in [5, 5.41) is 22.1. The van der Waals surface area contributed by atoms with Gasteiger partial charge in [-0.15, -0.1) is 10.2 Å². The average molecular weight is 404 g/mol. The lowest BCUT2D eigenvalue weighted by Gasteiger charge is -2.04. The average Bonchev–Trinajstić information content (AvgIpc) is 3.09. The van der Waals surface area contributed by atoms with Gasteiger partial charge < -0.3 is 0 Å². The molecule has 0 unspecified atom stereocenters. The number of benzene rings is 2. The van der Waals surface area contributed by atoms with E-state index in [0.717, 1.165) is 41.4 Å². The van der Waals surface area contributed by atoms with Crippen molar-refractivity contribution in [3.8, 4) is 10.6 Å². The smallest absolute Gasteiger partial charge is 0.271 e. The summed E-state index contributed by atoms with van der Waals surface area (Å²) >= 11 is 1.12. The number of carbonyl (C=O) groups excluding carboxylic acids is 1. The Morgan fingerprint density at radius 2 is 1.85 bits per heavy atom. The van der Waals surface area contributed by atoms with E-state index in [4.69, 9.17) is 0 Å². The van der Waals surface area contributed by atoms with E-state index in [0.29, 0.717) is 5.01 Å². The fourth-order valence-corrected chi connectivity index (χ4v) is 3.59. The molecule has 0 fully saturated rings. The molecule has 9 nitrogen and oxygen atoms in total. The van der Waals surface area contributed by atoms with Gasteiger partial charge in [-0.05, 0) is 6.07 Å². The number of carbonyl (C=O) groups is 1. The van der Waals surface area contributed by atoms with E-state index in [9.17, 15) is 23.3 Å². The zero-order chi connectivity index (χ0) is 19.6. The number of nitrogens with one attached hydrogen (secondary N) is 1. The zero-order valence-corrected chi connectivity index (χ0v) is 15.5. The molecule has 0 bridgehead atoms. The van der Waals surface area contributed by atoms with E-state index in [-0.39, 0.29) is 15.6 Å². The first-order valence-corrected chi connectivity index (χ1v) is 10.1. The summed E-state index contributed by atoms with van der Waals surface area (Å²) in [4.78, 5) is 22.4. The molecule has 1 heterocycles. The van der Waals surface area contributed by atoms with Gasteiger partial charge in [0.15, 0.2) is 9.84 Å². The van der Waals surface area contributed by atoms with Gasteiger partial charge in [0.1, 0.15) is 5.01 Å². The first-order chi connectivity index (χ1) is 12.7. The number of anilines is 1. The third-order valence-electron chi connectivity index (χ3n) is 3.46. The van der Waals surface area contributed by atoms with Crippen molar-refractivity contribution < 1.29 is 18.1 Å². The highest BCUT2D eigenvalue weighted by molar-refractivity contribution is 7.90. The highest BCUT2D eigenvalue weighted by atomic mass is 32.2. The largest absolute Gasteiger partial charge is 0.296 e. The van der Waals surface area contributed by atoms with E-state index in [1.54, 1.807) is 0 Å². The number of nitrogens with zero attached hydrogens (tertiary/aromatic N) is 3. The fraction of sp³-hybridized carbons (Fsp3) is 0.0625. The molecule has 138 valence electrons. The maximum Gasteiger partial charge on any atom is 0.271 e. The standard InChI is InChI=1S/C16H12N4O5S2/c1-27(24,25)13-8-11(7-12(9-13)20(22)23)14(21)17-16-19-18-15(26-16)10-5-3-2-4-6-10/h2-9H,1H3,(H,17,19,21). The second kappa shape index (κ2) is 7.21. The fourth-order valence-electron chi connectivity index (χ4n) is 2.17. The molecule has 0 aliphatic rings. The Labute approximate surface area is 157 Å². The van der Waals surface area contributed by atoms with Crippen molar-refractivity contribution in [3.05, 3.63) is 64.2 Å². The minimum Gasteiger partial charge on any atom is -0.296 e. The van der Waals surface area contributed by atoms with Crippen molar-refractivity contribution in [2.24, 2.45) is 0 Å². The lowest BCUT2D eigenvalue weighted by atomic mass is 10.2. The number of nitro benzene ring substituents is 1. The van der Waals surface area contributed by atoms with Crippen LogP contribution >= 0.6 is 11.3 Å². The van der Waals surface area contributed by atoms with Crippen LogP contribution in [0.15, 0.2) is 53.4 Å². The highest BCUT2D eigenvalue weighted by Crippen LogP contribution is 2.27. The van der Waals surface area contributed by atoms with Gasteiger partial charge in [-0.2, -0.15) is 0 Å². The lowest BCUT2D eigenvalue weighted by Crippen LogP contribution is -2.13. The number of hydrogen-bond acceptors (Lipinski definition) is 8. The summed E-state index contributed by atoms with van der Waals surface area (Å²) in [7, 11) is -3.73. The van der Waals surface area contributed by atoms with Crippen molar-refractivity contribution in [1.29, 1.82) is 0 Å². The van der Waals surface area contributed by atoms with Crippen molar-refractivity contribution in [1.82, 2.24) is 10.2 Å². The minimum atomic E-state index is -3.73. The second-order valence-electron chi connectivity index (χ2n) is 5.48. The maximum atomic E-state index is 12.4. The highest BCUT2D eigenvalue weighted by Gasteiger charge is 2.20. The number of nitro groups is 1. The van der Waals surface area contributed by atoms with Crippen LogP contribution in [-0.4, -0.2) is 35.7 Å². The molecule has 2 aromatic carbocycles. The van der Waals surface area contributed by atoms with Gasteiger partial charge in [-0.1, -0.05) is 41.7 Å². The molecule has 3 rings (SSSR count). The minimum absolute atomic E-state index is 0.166. The van der Waals surface area contributed by atoms with Crippen LogP contribution in [0.1, 0.15) is 10.4 Å². The molecule has 3 aromatic rings. The maximum absolute atomic E-state index is 12.4. The Balaban J connectivity index is 1.89. The van der Waals surface area contributed by atoms with Crippen molar-refractivity contribution in [3.63, 3.8) is 0 Å². The Morgan fingerprint density at radius 3 is 2.48 bits per heavy atom. The molecule has 1 amide bonds. The second-order valence-corrected chi connectivity index (χ2v) is 8.47. The number of hydrogen-bond donors (Lipinski definition) is 1. The molecular weight excluding hydrogens is 392 g/mol. The molecule has 0 atom stereocenters. The van der Waals surface area contributed by atoms with Crippen molar-refractivity contribution >= 4 is 37.9 Å². The normalized spacial score (nSPS) is 11.1. The molecule has 0 aliphatic heterocycles. The molecule has 0 aliphatic carbocycles. The Kier molecular flexibility index (Phi) is 4.97. The molecular formula is C16H12N4O5S2. The summed E-state index contributed by atoms with van der Waals surface area (Å²) in [6.45, 7) is 0. The molecule has 1 N–H and O–H groups in total. The molecule has 1 aromatic heterocycles. The number of sulfone groups is 1. The van der Waals surface area contributed by atoms with Gasteiger partial charge in [0.05, 0.1) is 9.82 Å². The molecule has 27 heavy (non-hydrogen) atoms. The predicted octanol–water partition coefficient (Wildman–Crippen LogP) is 2.77. The zero-order valence-electron chi connectivity index (χ0n) is 13.8. The summed E-state index contributed by atoms with van der Waals surface area (Å²) in [6, 6.07) is 12.2. The van der Waals surface area contributed by atoms with Crippen LogP contribution < -0.4 is 5.32 Å². The Morgan fingerprint density at radius 1 is 1.15 bits per heavy atom. The van der Waals surface area contributed by atoms with E-state index in [2.05, 4.69) is 15.5 Å². The van der Waals surface area contributed by atoms with Crippen LogP contribution in [0.4, 0.5) is 10.8 Å². The van der Waals surface area contributed by atoms with E-state index in [1.807, 2.05) is 30.3 Å². The van der Waals surface area contributed by atoms with Gasteiger partial charge in [-0.25, -0.2) is 8.42 Å². The molecule has 0 radical (unpaired) electrons. The van der Waals surface area contributed by atoms with E-state index < -0.39 is 26.4 Å². The number of aromatic nitrogens is 2. The summed E-state index contributed by atoms with van der Waals surface area (Å²) in [5.41, 5.74) is 0.164. The summed E-state index contributed by atoms with van der Waals surface area (Å²) < 4.78 is 23.5. The number of amides is 1. The molecule has 11 heteroatoms. The molecule has 0 saturated heterocycles. The van der Waals surface area contributed by atoms with Crippen LogP contribution in [0, 0.1) is 10.1 Å². The predicted molar refractivity (Wildman–Crippen MR) is 99.5 cm³/mol. The first-order valence-electron chi connectivity index (χ1n) is 7.44.